The summed E-state index contributed by atoms with van der Waals surface area (Å²) in [7, 11) is 0. The number of carbonyl (C=O) groups is 1. The molecule has 1 aliphatic heterocycles. The number of para-hydroxylation sites is 2. The van der Waals surface area contributed by atoms with Crippen molar-refractivity contribution in [3.05, 3.63) is 96.4 Å². The smallest absolute Gasteiger partial charge is 0.322 e. The number of amides is 2. The molecule has 6 heteroatoms. The Labute approximate surface area is 181 Å². The van der Waals surface area contributed by atoms with Crippen molar-refractivity contribution >= 4 is 11.7 Å². The molecule has 1 aliphatic rings. The van der Waals surface area contributed by atoms with Crippen LogP contribution in [0.4, 0.5) is 10.5 Å². The summed E-state index contributed by atoms with van der Waals surface area (Å²) in [5, 5.41) is 7.89. The molecule has 0 radical (unpaired) electrons. The second-order valence-electron chi connectivity index (χ2n) is 7.75. The highest BCUT2D eigenvalue weighted by Crippen LogP contribution is 2.35. The van der Waals surface area contributed by atoms with E-state index >= 15 is 0 Å². The Morgan fingerprint density at radius 3 is 2.58 bits per heavy atom. The van der Waals surface area contributed by atoms with Crippen LogP contribution < -0.4 is 10.2 Å². The predicted molar refractivity (Wildman–Crippen MR) is 121 cm³/mol. The molecule has 154 valence electrons. The summed E-state index contributed by atoms with van der Waals surface area (Å²) in [5.41, 5.74) is 5.92. The minimum absolute atomic E-state index is 0.0926. The van der Waals surface area contributed by atoms with Crippen LogP contribution >= 0.6 is 0 Å². The Kier molecular flexibility index (Phi) is 4.96. The fourth-order valence-electron chi connectivity index (χ4n) is 4.08. The lowest BCUT2D eigenvalue weighted by molar-refractivity contribution is 0.246. The number of pyridine rings is 1. The lowest BCUT2D eigenvalue weighted by Crippen LogP contribution is -2.38. The molecule has 1 N–H and O–H groups in total. The lowest BCUT2D eigenvalue weighted by atomic mass is 10.0. The number of benzene rings is 2. The molecule has 0 spiro atoms. The van der Waals surface area contributed by atoms with Gasteiger partial charge in [-0.05, 0) is 35.9 Å². The summed E-state index contributed by atoms with van der Waals surface area (Å²) >= 11 is 0. The maximum atomic E-state index is 13.0. The molecule has 5 rings (SSSR count). The molecule has 1 atom stereocenters. The van der Waals surface area contributed by atoms with Crippen LogP contribution in [0.3, 0.4) is 0 Å². The van der Waals surface area contributed by atoms with Gasteiger partial charge >= 0.3 is 6.03 Å². The number of fused-ring (bicyclic) bond motifs is 1. The monoisotopic (exact) mass is 409 g/mol. The highest BCUT2D eigenvalue weighted by atomic mass is 16.2. The van der Waals surface area contributed by atoms with Crippen LogP contribution in [0.2, 0.25) is 0 Å². The van der Waals surface area contributed by atoms with Crippen LogP contribution in [0.25, 0.3) is 16.9 Å². The molecule has 2 amide bonds. The van der Waals surface area contributed by atoms with Gasteiger partial charge in [-0.15, -0.1) is 0 Å². The van der Waals surface area contributed by atoms with Gasteiger partial charge in [-0.3, -0.25) is 9.88 Å². The van der Waals surface area contributed by atoms with Crippen LogP contribution in [0.15, 0.2) is 85.3 Å². The van der Waals surface area contributed by atoms with Crippen molar-refractivity contribution in [2.24, 2.45) is 0 Å². The van der Waals surface area contributed by atoms with Gasteiger partial charge in [0.1, 0.15) is 0 Å². The number of nitrogens with one attached hydrogen (secondary N) is 1. The Balaban J connectivity index is 1.41. The van der Waals surface area contributed by atoms with E-state index in [4.69, 9.17) is 5.10 Å². The van der Waals surface area contributed by atoms with Crippen LogP contribution in [-0.2, 0) is 6.54 Å². The molecule has 0 aliphatic carbocycles. The Morgan fingerprint density at radius 1 is 1.03 bits per heavy atom. The first-order valence-electron chi connectivity index (χ1n) is 10.4. The molecule has 31 heavy (non-hydrogen) atoms. The second kappa shape index (κ2) is 8.07. The third kappa shape index (κ3) is 3.68. The number of carbonyl (C=O) groups excluding carboxylic acids is 1. The molecule has 2 aromatic carbocycles. The summed E-state index contributed by atoms with van der Waals surface area (Å²) in [6.45, 7) is 3.22. The van der Waals surface area contributed by atoms with E-state index in [1.807, 2.05) is 76.4 Å². The van der Waals surface area contributed by atoms with Crippen LogP contribution in [0.1, 0.15) is 24.0 Å². The average Bonchev–Trinajstić information content (AvgIpc) is 3.40. The zero-order valence-corrected chi connectivity index (χ0v) is 17.3. The zero-order chi connectivity index (χ0) is 21.2. The topological polar surface area (TPSA) is 63.1 Å². The van der Waals surface area contributed by atoms with Gasteiger partial charge in [-0.2, -0.15) is 5.10 Å². The number of urea groups is 1. The van der Waals surface area contributed by atoms with Crippen molar-refractivity contribution in [3.63, 3.8) is 0 Å². The van der Waals surface area contributed by atoms with Crippen molar-refractivity contribution < 1.29 is 4.79 Å². The van der Waals surface area contributed by atoms with E-state index in [9.17, 15) is 4.79 Å². The van der Waals surface area contributed by atoms with Gasteiger partial charge in [-0.1, -0.05) is 43.3 Å². The second-order valence-corrected chi connectivity index (χ2v) is 7.75. The molecular weight excluding hydrogens is 386 g/mol. The van der Waals surface area contributed by atoms with Crippen molar-refractivity contribution in [2.75, 3.05) is 11.4 Å². The minimum atomic E-state index is -0.0926. The van der Waals surface area contributed by atoms with Gasteiger partial charge in [0, 0.05) is 54.4 Å². The van der Waals surface area contributed by atoms with E-state index in [1.54, 1.807) is 12.4 Å². The fraction of sp³-hybridized carbons (Fsp3) is 0.160. The first-order valence-corrected chi connectivity index (χ1v) is 10.4. The number of nitrogens with zero attached hydrogens (tertiary/aromatic N) is 4. The molecular formula is C25H23N5O. The normalized spacial score (nSPS) is 15.0. The number of hydrogen-bond acceptors (Lipinski definition) is 3. The number of anilines is 1. The summed E-state index contributed by atoms with van der Waals surface area (Å²) in [4.78, 5) is 19.0. The molecule has 0 fully saturated rings. The van der Waals surface area contributed by atoms with Gasteiger partial charge in [0.05, 0.1) is 11.4 Å². The molecule has 2 aromatic heterocycles. The van der Waals surface area contributed by atoms with E-state index < -0.39 is 0 Å². The van der Waals surface area contributed by atoms with Gasteiger partial charge in [0.15, 0.2) is 0 Å². The third-order valence-electron chi connectivity index (χ3n) is 5.65. The van der Waals surface area contributed by atoms with E-state index in [-0.39, 0.29) is 6.03 Å². The summed E-state index contributed by atoms with van der Waals surface area (Å²) in [6.07, 6.45) is 5.48. The van der Waals surface area contributed by atoms with Gasteiger partial charge < -0.3 is 5.32 Å². The van der Waals surface area contributed by atoms with Crippen LogP contribution in [-0.4, -0.2) is 27.3 Å². The first kappa shape index (κ1) is 19.1. The molecule has 0 saturated carbocycles. The van der Waals surface area contributed by atoms with Crippen molar-refractivity contribution in [2.45, 2.75) is 19.4 Å². The fourth-order valence-corrected chi connectivity index (χ4v) is 4.08. The highest BCUT2D eigenvalue weighted by molar-refractivity contribution is 5.94. The Bertz CT molecular complexity index is 1200. The molecule has 6 nitrogen and oxygen atoms in total. The molecule has 0 saturated heterocycles. The third-order valence-corrected chi connectivity index (χ3v) is 5.65. The molecule has 3 heterocycles. The number of hydrogen-bond donors (Lipinski definition) is 1. The van der Waals surface area contributed by atoms with E-state index in [0.717, 1.165) is 28.2 Å². The van der Waals surface area contributed by atoms with Crippen LogP contribution in [0, 0.1) is 0 Å². The van der Waals surface area contributed by atoms with Crippen LogP contribution in [0.5, 0.6) is 0 Å². The van der Waals surface area contributed by atoms with Gasteiger partial charge in [0.25, 0.3) is 0 Å². The van der Waals surface area contributed by atoms with Crippen molar-refractivity contribution in [3.8, 4) is 16.9 Å². The van der Waals surface area contributed by atoms with E-state index in [0.29, 0.717) is 19.0 Å². The molecule has 0 bridgehead atoms. The zero-order valence-electron chi connectivity index (χ0n) is 17.3. The summed E-state index contributed by atoms with van der Waals surface area (Å²) in [6, 6.07) is 21.8. The van der Waals surface area contributed by atoms with Crippen molar-refractivity contribution in [1.29, 1.82) is 0 Å². The lowest BCUT2D eigenvalue weighted by Gasteiger charge is -2.18. The number of rotatable bonds is 4. The highest BCUT2D eigenvalue weighted by Gasteiger charge is 2.29. The molecule has 1 unspecified atom stereocenters. The predicted octanol–water partition coefficient (Wildman–Crippen LogP) is 4.77. The maximum absolute atomic E-state index is 13.0. The largest absolute Gasteiger partial charge is 0.333 e. The van der Waals surface area contributed by atoms with Crippen molar-refractivity contribution in [1.82, 2.24) is 20.1 Å². The quantitative estimate of drug-likeness (QED) is 0.528. The maximum Gasteiger partial charge on any atom is 0.322 e. The minimum Gasteiger partial charge on any atom is -0.333 e. The van der Waals surface area contributed by atoms with E-state index in [1.165, 1.54) is 5.56 Å². The van der Waals surface area contributed by atoms with Gasteiger partial charge in [0.2, 0.25) is 0 Å². The Morgan fingerprint density at radius 2 is 1.77 bits per heavy atom. The SMILES string of the molecule is CC1CN(C(=O)NCc2cn(-c3ccccc3)nc2-c2ccncc2)c2ccccc21. The van der Waals surface area contributed by atoms with E-state index in [2.05, 4.69) is 23.3 Å². The van der Waals surface area contributed by atoms with Gasteiger partial charge in [-0.25, -0.2) is 9.48 Å². The summed E-state index contributed by atoms with van der Waals surface area (Å²) in [5.74, 6) is 0.329. The first-order chi connectivity index (χ1) is 15.2. The average molecular weight is 409 g/mol. The summed E-state index contributed by atoms with van der Waals surface area (Å²) < 4.78 is 1.85. The molecule has 4 aromatic rings. The standard InChI is InChI=1S/C25H23N5O/c1-18-16-29(23-10-6-5-9-22(18)23)25(31)27-15-20-17-30(21-7-3-2-4-8-21)28-24(20)19-11-13-26-14-12-19/h2-14,17-18H,15-16H2,1H3,(H,27,31). The number of aromatic nitrogens is 3. The Hall–Kier alpha value is -3.93.